The highest BCUT2D eigenvalue weighted by molar-refractivity contribution is 7.92. The Morgan fingerprint density at radius 1 is 0.968 bits per heavy atom. The topological polar surface area (TPSA) is 75.7 Å². The zero-order valence-electron chi connectivity index (χ0n) is 16.6. The van der Waals surface area contributed by atoms with Crippen LogP contribution in [0.3, 0.4) is 0 Å². The van der Waals surface area contributed by atoms with Gasteiger partial charge in [0.1, 0.15) is 12.3 Å². The van der Waals surface area contributed by atoms with Crippen LogP contribution in [0.15, 0.2) is 77.7 Å². The maximum absolute atomic E-state index is 13.3. The van der Waals surface area contributed by atoms with Gasteiger partial charge in [-0.3, -0.25) is 9.10 Å². The van der Waals surface area contributed by atoms with Gasteiger partial charge in [0.05, 0.1) is 17.2 Å². The first-order chi connectivity index (χ1) is 14.8. The summed E-state index contributed by atoms with van der Waals surface area (Å²) in [5.41, 5.74) is 0.692. The fourth-order valence-electron chi connectivity index (χ4n) is 2.85. The number of hydrogen-bond donors (Lipinski definition) is 1. The summed E-state index contributed by atoms with van der Waals surface area (Å²) in [6.07, 6.45) is 0. The second-order valence-corrected chi connectivity index (χ2v) is 9.19. The van der Waals surface area contributed by atoms with Crippen LogP contribution in [-0.4, -0.2) is 27.5 Å². The van der Waals surface area contributed by atoms with Crippen molar-refractivity contribution in [3.05, 3.63) is 82.8 Å². The van der Waals surface area contributed by atoms with Gasteiger partial charge in [-0.2, -0.15) is 0 Å². The minimum atomic E-state index is -4.05. The first-order valence-electron chi connectivity index (χ1n) is 9.36. The minimum Gasteiger partial charge on any atom is -0.494 e. The molecule has 6 nitrogen and oxygen atoms in total. The molecule has 0 aromatic heterocycles. The number of benzene rings is 3. The second-order valence-electron chi connectivity index (χ2n) is 6.46. The molecular formula is C22H20Cl2N2O4S. The molecule has 9 heteroatoms. The number of carbonyl (C=O) groups excluding carboxylic acids is 1. The molecule has 0 aliphatic heterocycles. The van der Waals surface area contributed by atoms with E-state index in [0.29, 0.717) is 18.0 Å². The number of sulfonamides is 1. The first-order valence-corrected chi connectivity index (χ1v) is 11.6. The normalized spacial score (nSPS) is 11.1. The van der Waals surface area contributed by atoms with Crippen molar-refractivity contribution in [3.63, 3.8) is 0 Å². The molecule has 162 valence electrons. The minimum absolute atomic E-state index is 0.0416. The molecule has 3 rings (SSSR count). The van der Waals surface area contributed by atoms with Gasteiger partial charge in [-0.1, -0.05) is 41.4 Å². The molecule has 0 spiro atoms. The van der Waals surface area contributed by atoms with Crippen LogP contribution in [0.5, 0.6) is 5.75 Å². The Morgan fingerprint density at radius 3 is 2.16 bits per heavy atom. The van der Waals surface area contributed by atoms with Crippen LogP contribution in [-0.2, 0) is 14.8 Å². The van der Waals surface area contributed by atoms with Crippen molar-refractivity contribution < 1.29 is 17.9 Å². The molecular weight excluding hydrogens is 459 g/mol. The highest BCUT2D eigenvalue weighted by Crippen LogP contribution is 2.29. The van der Waals surface area contributed by atoms with Crippen molar-refractivity contribution in [2.24, 2.45) is 0 Å². The zero-order valence-corrected chi connectivity index (χ0v) is 18.9. The summed E-state index contributed by atoms with van der Waals surface area (Å²) in [7, 11) is -4.05. The van der Waals surface area contributed by atoms with E-state index in [9.17, 15) is 13.2 Å². The average molecular weight is 479 g/mol. The van der Waals surface area contributed by atoms with Crippen LogP contribution in [0.1, 0.15) is 6.92 Å². The van der Waals surface area contributed by atoms with Gasteiger partial charge in [0.2, 0.25) is 5.91 Å². The number of amides is 1. The van der Waals surface area contributed by atoms with Crippen molar-refractivity contribution in [1.29, 1.82) is 0 Å². The van der Waals surface area contributed by atoms with Crippen LogP contribution in [0.4, 0.5) is 11.4 Å². The van der Waals surface area contributed by atoms with Gasteiger partial charge in [0.25, 0.3) is 10.0 Å². The van der Waals surface area contributed by atoms with Crippen molar-refractivity contribution in [3.8, 4) is 5.75 Å². The van der Waals surface area contributed by atoms with Gasteiger partial charge in [0, 0.05) is 15.7 Å². The number of ether oxygens (including phenoxy) is 1. The van der Waals surface area contributed by atoms with Crippen LogP contribution < -0.4 is 14.4 Å². The molecule has 31 heavy (non-hydrogen) atoms. The third-order valence-corrected chi connectivity index (χ3v) is 6.43. The second kappa shape index (κ2) is 10.0. The molecule has 3 aromatic carbocycles. The summed E-state index contributed by atoms with van der Waals surface area (Å²) >= 11 is 12.2. The Labute approximate surface area is 191 Å². The van der Waals surface area contributed by atoms with Crippen molar-refractivity contribution >= 4 is 50.5 Å². The predicted molar refractivity (Wildman–Crippen MR) is 124 cm³/mol. The molecule has 1 amide bonds. The van der Waals surface area contributed by atoms with Crippen molar-refractivity contribution in [1.82, 2.24) is 0 Å². The SMILES string of the molecule is CCOc1ccc(NC(=O)CN(c2cc(Cl)cc(Cl)c2)S(=O)(=O)c2ccccc2)cc1. The van der Waals surface area contributed by atoms with Gasteiger partial charge in [-0.15, -0.1) is 0 Å². The fraction of sp³-hybridized carbons (Fsp3) is 0.136. The Bertz CT molecular complexity index is 1130. The number of carbonyl (C=O) groups is 1. The van der Waals surface area contributed by atoms with Crippen molar-refractivity contribution in [2.45, 2.75) is 11.8 Å². The number of hydrogen-bond acceptors (Lipinski definition) is 4. The Morgan fingerprint density at radius 2 is 1.58 bits per heavy atom. The van der Waals surface area contributed by atoms with E-state index in [-0.39, 0.29) is 20.6 Å². The van der Waals surface area contributed by atoms with Crippen molar-refractivity contribution in [2.75, 3.05) is 22.8 Å². The van der Waals surface area contributed by atoms with E-state index in [4.69, 9.17) is 27.9 Å². The predicted octanol–water partition coefficient (Wildman–Crippen LogP) is 5.23. The van der Waals surface area contributed by atoms with Gasteiger partial charge < -0.3 is 10.1 Å². The summed E-state index contributed by atoms with van der Waals surface area (Å²) in [5, 5.41) is 3.20. The maximum atomic E-state index is 13.3. The van der Waals surface area contributed by atoms with E-state index >= 15 is 0 Å². The smallest absolute Gasteiger partial charge is 0.264 e. The monoisotopic (exact) mass is 478 g/mol. The number of nitrogens with zero attached hydrogens (tertiary/aromatic N) is 1. The molecule has 0 fully saturated rings. The first kappa shape index (κ1) is 22.9. The number of rotatable bonds is 8. The lowest BCUT2D eigenvalue weighted by Gasteiger charge is -2.24. The lowest BCUT2D eigenvalue weighted by molar-refractivity contribution is -0.114. The van der Waals surface area contributed by atoms with E-state index in [2.05, 4.69) is 5.32 Å². The third-order valence-electron chi connectivity index (χ3n) is 4.20. The van der Waals surface area contributed by atoms with E-state index in [1.54, 1.807) is 42.5 Å². The zero-order chi connectivity index (χ0) is 22.4. The average Bonchev–Trinajstić information content (AvgIpc) is 2.73. The van der Waals surface area contributed by atoms with E-state index in [1.165, 1.54) is 30.3 Å². The molecule has 0 saturated heterocycles. The van der Waals surface area contributed by atoms with Crippen LogP contribution in [0, 0.1) is 0 Å². The van der Waals surface area contributed by atoms with E-state index in [0.717, 1.165) is 4.31 Å². The quantitative estimate of drug-likeness (QED) is 0.480. The molecule has 0 heterocycles. The number of halogens is 2. The highest BCUT2D eigenvalue weighted by atomic mass is 35.5. The van der Waals surface area contributed by atoms with Crippen LogP contribution in [0.2, 0.25) is 10.0 Å². The molecule has 0 bridgehead atoms. The lowest BCUT2D eigenvalue weighted by Crippen LogP contribution is -2.38. The van der Waals surface area contributed by atoms with Crippen LogP contribution in [0.25, 0.3) is 0 Å². The summed E-state index contributed by atoms with van der Waals surface area (Å²) in [5.74, 6) is 0.141. The highest BCUT2D eigenvalue weighted by Gasteiger charge is 2.27. The molecule has 0 aliphatic rings. The number of anilines is 2. The number of nitrogens with one attached hydrogen (secondary N) is 1. The maximum Gasteiger partial charge on any atom is 0.264 e. The summed E-state index contributed by atoms with van der Waals surface area (Å²) in [6.45, 7) is 1.93. The third kappa shape index (κ3) is 5.91. The lowest BCUT2D eigenvalue weighted by atomic mass is 10.3. The van der Waals surface area contributed by atoms with Gasteiger partial charge in [0.15, 0.2) is 0 Å². The standard InChI is InChI=1S/C22H20Cl2N2O4S/c1-2-30-20-10-8-18(9-11-20)25-22(27)15-26(19-13-16(23)12-17(24)14-19)31(28,29)21-6-4-3-5-7-21/h3-14H,2,15H2,1H3,(H,25,27). The Balaban J connectivity index is 1.90. The molecule has 0 radical (unpaired) electrons. The molecule has 0 unspecified atom stereocenters. The van der Waals surface area contributed by atoms with E-state index < -0.39 is 22.5 Å². The van der Waals surface area contributed by atoms with Crippen LogP contribution >= 0.6 is 23.2 Å². The Kier molecular flexibility index (Phi) is 7.43. The van der Waals surface area contributed by atoms with Gasteiger partial charge >= 0.3 is 0 Å². The molecule has 0 atom stereocenters. The fourth-order valence-corrected chi connectivity index (χ4v) is 4.79. The van der Waals surface area contributed by atoms with Gasteiger partial charge in [-0.05, 0) is 61.5 Å². The Hall–Kier alpha value is -2.74. The molecule has 0 aliphatic carbocycles. The van der Waals surface area contributed by atoms with Gasteiger partial charge in [-0.25, -0.2) is 8.42 Å². The summed E-state index contributed by atoms with van der Waals surface area (Å²) in [4.78, 5) is 12.8. The van der Waals surface area contributed by atoms with E-state index in [1.807, 2.05) is 6.92 Å². The molecule has 3 aromatic rings. The summed E-state index contributed by atoms with van der Waals surface area (Å²) < 4.78 is 33.0. The summed E-state index contributed by atoms with van der Waals surface area (Å²) in [6, 6.07) is 19.0. The largest absolute Gasteiger partial charge is 0.494 e. The molecule has 1 N–H and O–H groups in total. The molecule has 0 saturated carbocycles.